The largest absolute Gasteiger partial charge is 0.353 e. The summed E-state index contributed by atoms with van der Waals surface area (Å²) in [5, 5.41) is 13.8. The minimum absolute atomic E-state index is 0.00262. The van der Waals surface area contributed by atoms with Crippen LogP contribution in [-0.2, 0) is 14.8 Å². The average Bonchev–Trinajstić information content (AvgIpc) is 2.73. The quantitative estimate of drug-likeness (QED) is 0.535. The standard InChI is InChI=1S/C20H29N3O5S/c24-20(11-6-16-4-2-1-3-5-16)21-17-12-14-22(15-13-17)29(27,28)19-9-7-18(8-10-19)23(25)26/h7-10,16-17H,1-6,11-15H2,(H,21,24). The van der Waals surface area contributed by atoms with Crippen molar-refractivity contribution in [2.24, 2.45) is 5.92 Å². The highest BCUT2D eigenvalue weighted by Crippen LogP contribution is 2.27. The number of nitro groups is 1. The van der Waals surface area contributed by atoms with Crippen molar-refractivity contribution >= 4 is 21.6 Å². The summed E-state index contributed by atoms with van der Waals surface area (Å²) in [5.41, 5.74) is -0.140. The van der Waals surface area contributed by atoms with Gasteiger partial charge in [-0.1, -0.05) is 32.1 Å². The average molecular weight is 424 g/mol. The number of nitrogens with zero attached hydrogens (tertiary/aromatic N) is 2. The molecule has 8 nitrogen and oxygen atoms in total. The Bertz CT molecular complexity index is 811. The highest BCUT2D eigenvalue weighted by Gasteiger charge is 2.30. The molecule has 1 amide bonds. The molecule has 0 radical (unpaired) electrons. The van der Waals surface area contributed by atoms with Gasteiger partial charge in [-0.3, -0.25) is 14.9 Å². The number of nitrogens with one attached hydrogen (secondary N) is 1. The van der Waals surface area contributed by atoms with E-state index in [1.54, 1.807) is 0 Å². The molecule has 3 rings (SSSR count). The van der Waals surface area contributed by atoms with Crippen LogP contribution >= 0.6 is 0 Å². The fraction of sp³-hybridized carbons (Fsp3) is 0.650. The number of rotatable bonds is 7. The summed E-state index contributed by atoms with van der Waals surface area (Å²) in [5.74, 6) is 0.732. The fourth-order valence-electron chi connectivity index (χ4n) is 4.24. The predicted octanol–water partition coefficient (Wildman–Crippen LogP) is 3.22. The number of non-ortho nitro benzene ring substituents is 1. The summed E-state index contributed by atoms with van der Waals surface area (Å²) in [6, 6.07) is 4.94. The van der Waals surface area contributed by atoms with Gasteiger partial charge in [-0.05, 0) is 37.3 Å². The van der Waals surface area contributed by atoms with Crippen LogP contribution in [0.4, 0.5) is 5.69 Å². The second-order valence-electron chi connectivity index (χ2n) is 8.04. The van der Waals surface area contributed by atoms with Gasteiger partial charge in [0.05, 0.1) is 9.82 Å². The van der Waals surface area contributed by atoms with Crippen LogP contribution in [0.5, 0.6) is 0 Å². The van der Waals surface area contributed by atoms with Crippen molar-refractivity contribution in [3.8, 4) is 0 Å². The van der Waals surface area contributed by atoms with Gasteiger partial charge in [-0.15, -0.1) is 0 Å². The van der Waals surface area contributed by atoms with Crippen molar-refractivity contribution in [2.45, 2.75) is 68.7 Å². The van der Waals surface area contributed by atoms with Crippen molar-refractivity contribution in [3.05, 3.63) is 34.4 Å². The molecule has 160 valence electrons. The maximum absolute atomic E-state index is 12.7. The Labute approximate surface area is 171 Å². The highest BCUT2D eigenvalue weighted by atomic mass is 32.2. The van der Waals surface area contributed by atoms with E-state index in [9.17, 15) is 23.3 Å². The molecule has 0 spiro atoms. The summed E-state index contributed by atoms with van der Waals surface area (Å²) in [4.78, 5) is 22.5. The van der Waals surface area contributed by atoms with Crippen LogP contribution in [0, 0.1) is 16.0 Å². The van der Waals surface area contributed by atoms with Gasteiger partial charge in [0.25, 0.3) is 5.69 Å². The van der Waals surface area contributed by atoms with E-state index in [1.807, 2.05) is 0 Å². The molecule has 29 heavy (non-hydrogen) atoms. The van der Waals surface area contributed by atoms with E-state index in [1.165, 1.54) is 60.7 Å². The maximum atomic E-state index is 12.7. The lowest BCUT2D eigenvalue weighted by Crippen LogP contribution is -2.46. The van der Waals surface area contributed by atoms with Crippen LogP contribution < -0.4 is 5.32 Å². The van der Waals surface area contributed by atoms with Gasteiger partial charge >= 0.3 is 0 Å². The first-order valence-electron chi connectivity index (χ1n) is 10.4. The number of sulfonamides is 1. The van der Waals surface area contributed by atoms with Gasteiger partial charge in [-0.25, -0.2) is 8.42 Å². The maximum Gasteiger partial charge on any atom is 0.269 e. The number of hydrogen-bond acceptors (Lipinski definition) is 5. The van der Waals surface area contributed by atoms with Gasteiger partial charge in [0.15, 0.2) is 0 Å². The summed E-state index contributed by atoms with van der Waals surface area (Å²) in [6.45, 7) is 0.653. The third-order valence-corrected chi connectivity index (χ3v) is 7.92. The lowest BCUT2D eigenvalue weighted by molar-refractivity contribution is -0.384. The number of hydrogen-bond donors (Lipinski definition) is 1. The zero-order chi connectivity index (χ0) is 20.9. The van der Waals surface area contributed by atoms with E-state index >= 15 is 0 Å². The fourth-order valence-corrected chi connectivity index (χ4v) is 5.71. The third kappa shape index (κ3) is 5.76. The Balaban J connectivity index is 1.46. The zero-order valence-corrected chi connectivity index (χ0v) is 17.4. The summed E-state index contributed by atoms with van der Waals surface area (Å²) in [6.07, 6.45) is 8.94. The monoisotopic (exact) mass is 423 g/mol. The van der Waals surface area contributed by atoms with E-state index in [4.69, 9.17) is 0 Å². The predicted molar refractivity (Wildman–Crippen MR) is 109 cm³/mol. The number of benzene rings is 1. The van der Waals surface area contributed by atoms with Gasteiger partial charge in [0.2, 0.25) is 15.9 Å². The van der Waals surface area contributed by atoms with Gasteiger partial charge in [-0.2, -0.15) is 4.31 Å². The Kier molecular flexibility index (Phi) is 7.23. The molecular weight excluding hydrogens is 394 g/mol. The molecule has 1 N–H and O–H groups in total. The lowest BCUT2D eigenvalue weighted by atomic mass is 9.86. The molecular formula is C20H29N3O5S. The Morgan fingerprint density at radius 1 is 1.07 bits per heavy atom. The van der Waals surface area contributed by atoms with Crippen molar-refractivity contribution in [3.63, 3.8) is 0 Å². The highest BCUT2D eigenvalue weighted by molar-refractivity contribution is 7.89. The molecule has 0 unspecified atom stereocenters. The Morgan fingerprint density at radius 2 is 1.69 bits per heavy atom. The molecule has 0 bridgehead atoms. The van der Waals surface area contributed by atoms with Crippen LogP contribution in [0.15, 0.2) is 29.2 Å². The van der Waals surface area contributed by atoms with Gasteiger partial charge in [0, 0.05) is 37.7 Å². The molecule has 1 aliphatic carbocycles. The van der Waals surface area contributed by atoms with Crippen LogP contribution in [0.1, 0.15) is 57.8 Å². The van der Waals surface area contributed by atoms with Crippen molar-refractivity contribution in [2.75, 3.05) is 13.1 Å². The van der Waals surface area contributed by atoms with Crippen molar-refractivity contribution < 1.29 is 18.1 Å². The third-order valence-electron chi connectivity index (χ3n) is 6.01. The first-order chi connectivity index (χ1) is 13.9. The van der Waals surface area contributed by atoms with E-state index in [-0.39, 0.29) is 22.5 Å². The van der Waals surface area contributed by atoms with Crippen molar-refractivity contribution in [1.82, 2.24) is 9.62 Å². The molecule has 1 heterocycles. The molecule has 9 heteroatoms. The van der Waals surface area contributed by atoms with Crippen molar-refractivity contribution in [1.29, 1.82) is 0 Å². The summed E-state index contributed by atoms with van der Waals surface area (Å²) < 4.78 is 26.9. The topological polar surface area (TPSA) is 110 Å². The molecule has 2 aliphatic rings. The van der Waals surface area contributed by atoms with Crippen LogP contribution in [0.3, 0.4) is 0 Å². The number of piperidine rings is 1. The number of amides is 1. The number of nitro benzene ring substituents is 1. The second-order valence-corrected chi connectivity index (χ2v) is 9.98. The number of carbonyl (C=O) groups is 1. The molecule has 1 aliphatic heterocycles. The van der Waals surface area contributed by atoms with E-state index in [2.05, 4.69) is 5.32 Å². The van der Waals surface area contributed by atoms with Crippen LogP contribution in [0.2, 0.25) is 0 Å². The van der Waals surface area contributed by atoms with E-state index in [0.29, 0.717) is 38.3 Å². The van der Waals surface area contributed by atoms with E-state index < -0.39 is 14.9 Å². The SMILES string of the molecule is O=C(CCC1CCCCC1)NC1CCN(S(=O)(=O)c2ccc([N+](=O)[O-])cc2)CC1. The smallest absolute Gasteiger partial charge is 0.269 e. The summed E-state index contributed by atoms with van der Waals surface area (Å²) >= 11 is 0. The summed E-state index contributed by atoms with van der Waals surface area (Å²) in [7, 11) is -3.68. The Hall–Kier alpha value is -2.00. The van der Waals surface area contributed by atoms with Gasteiger partial charge < -0.3 is 5.32 Å². The molecule has 1 aromatic carbocycles. The molecule has 2 fully saturated rings. The first-order valence-corrected chi connectivity index (χ1v) is 11.8. The lowest BCUT2D eigenvalue weighted by Gasteiger charge is -2.31. The molecule has 1 aromatic rings. The minimum atomic E-state index is -3.68. The molecule has 0 aromatic heterocycles. The van der Waals surface area contributed by atoms with Crippen LogP contribution in [0.25, 0.3) is 0 Å². The Morgan fingerprint density at radius 3 is 2.28 bits per heavy atom. The molecule has 1 saturated carbocycles. The van der Waals surface area contributed by atoms with Gasteiger partial charge in [0.1, 0.15) is 0 Å². The van der Waals surface area contributed by atoms with Crippen LogP contribution in [-0.4, -0.2) is 42.7 Å². The first kappa shape index (κ1) is 21.7. The normalized spacial score (nSPS) is 19.7. The molecule has 0 atom stereocenters. The molecule has 1 saturated heterocycles. The second kappa shape index (κ2) is 9.67. The number of carbonyl (C=O) groups excluding carboxylic acids is 1. The minimum Gasteiger partial charge on any atom is -0.353 e. The van der Waals surface area contributed by atoms with E-state index in [0.717, 1.165) is 6.42 Å². The zero-order valence-electron chi connectivity index (χ0n) is 16.6.